The van der Waals surface area contributed by atoms with Crippen LogP contribution in [0.25, 0.3) is 0 Å². The fourth-order valence-corrected chi connectivity index (χ4v) is 3.93. The summed E-state index contributed by atoms with van der Waals surface area (Å²) in [7, 11) is 0. The van der Waals surface area contributed by atoms with Gasteiger partial charge in [-0.1, -0.05) is 66.2 Å². The predicted octanol–water partition coefficient (Wildman–Crippen LogP) is 5.48. The molecule has 37 heavy (non-hydrogen) atoms. The molecule has 6 nitrogen and oxygen atoms in total. The summed E-state index contributed by atoms with van der Waals surface area (Å²) in [4.78, 5) is 16.9. The second-order valence-corrected chi connectivity index (χ2v) is 8.84. The molecule has 0 aliphatic rings. The van der Waals surface area contributed by atoms with Crippen molar-refractivity contribution < 1.29 is 9.90 Å². The summed E-state index contributed by atoms with van der Waals surface area (Å²) in [5, 5.41) is 17.2. The molecule has 0 aliphatic carbocycles. The highest BCUT2D eigenvalue weighted by Gasteiger charge is 2.10. The van der Waals surface area contributed by atoms with Gasteiger partial charge in [0, 0.05) is 36.2 Å². The van der Waals surface area contributed by atoms with E-state index in [0.29, 0.717) is 23.9 Å². The van der Waals surface area contributed by atoms with Crippen molar-refractivity contribution in [1.82, 2.24) is 14.9 Å². The highest BCUT2D eigenvalue weighted by Crippen LogP contribution is 2.14. The lowest BCUT2D eigenvalue weighted by Crippen LogP contribution is -2.23. The van der Waals surface area contributed by atoms with Crippen LogP contribution in [0.1, 0.15) is 28.6 Å². The predicted molar refractivity (Wildman–Crippen MR) is 154 cm³/mol. The summed E-state index contributed by atoms with van der Waals surface area (Å²) >= 11 is 5.96. The number of rotatable bonds is 11. The second-order valence-electron chi connectivity index (χ2n) is 8.40. The first-order valence-corrected chi connectivity index (χ1v) is 12.0. The normalized spacial score (nSPS) is 11.2. The molecule has 1 aromatic heterocycles. The Morgan fingerprint density at radius 1 is 0.946 bits per heavy atom. The molecular formula is C28H31Cl3N4O2. The number of hydrogen-bond acceptors (Lipinski definition) is 4. The number of imidazole rings is 1. The van der Waals surface area contributed by atoms with Crippen molar-refractivity contribution in [3.8, 4) is 0 Å². The van der Waals surface area contributed by atoms with Gasteiger partial charge in [0.2, 0.25) is 5.91 Å². The minimum Gasteiger partial charge on any atom is -0.387 e. The lowest BCUT2D eigenvalue weighted by molar-refractivity contribution is -0.115. The number of benzene rings is 3. The Kier molecular flexibility index (Phi) is 12.6. The molecule has 0 spiro atoms. The Hall–Kier alpha value is -2.87. The molecular weight excluding hydrogens is 531 g/mol. The Morgan fingerprint density at radius 2 is 1.62 bits per heavy atom. The van der Waals surface area contributed by atoms with Crippen molar-refractivity contribution >= 4 is 48.0 Å². The fourth-order valence-electron chi connectivity index (χ4n) is 3.81. The molecule has 1 heterocycles. The average molecular weight is 562 g/mol. The van der Waals surface area contributed by atoms with Crippen molar-refractivity contribution in [2.75, 3.05) is 18.4 Å². The van der Waals surface area contributed by atoms with E-state index in [2.05, 4.69) is 15.6 Å². The zero-order valence-electron chi connectivity index (χ0n) is 20.2. The molecule has 0 fully saturated rings. The van der Waals surface area contributed by atoms with Crippen LogP contribution in [0.3, 0.4) is 0 Å². The van der Waals surface area contributed by atoms with Gasteiger partial charge < -0.3 is 20.3 Å². The molecule has 3 N–H and O–H groups in total. The molecule has 4 aromatic rings. The summed E-state index contributed by atoms with van der Waals surface area (Å²) in [6, 6.07) is 25.1. The number of amides is 1. The molecule has 0 unspecified atom stereocenters. The summed E-state index contributed by atoms with van der Waals surface area (Å²) < 4.78 is 1.97. The quantitative estimate of drug-likeness (QED) is 0.212. The van der Waals surface area contributed by atoms with Gasteiger partial charge in [0.15, 0.2) is 0 Å². The Labute approximate surface area is 234 Å². The van der Waals surface area contributed by atoms with Gasteiger partial charge in [-0.2, -0.15) is 0 Å². The van der Waals surface area contributed by atoms with Crippen LogP contribution in [0.5, 0.6) is 0 Å². The number of hydrogen-bond donors (Lipinski definition) is 3. The summed E-state index contributed by atoms with van der Waals surface area (Å²) in [5.74, 6) is 0.593. The largest absolute Gasteiger partial charge is 0.387 e. The number of nitrogens with zero attached hydrogens (tertiary/aromatic N) is 2. The number of aliphatic hydroxyl groups is 1. The Bertz CT molecular complexity index is 1220. The Balaban J connectivity index is 0.00000241. The van der Waals surface area contributed by atoms with E-state index >= 15 is 0 Å². The summed E-state index contributed by atoms with van der Waals surface area (Å²) in [5.41, 5.74) is 3.91. The minimum atomic E-state index is -0.518. The highest BCUT2D eigenvalue weighted by molar-refractivity contribution is 6.30. The monoisotopic (exact) mass is 560 g/mol. The second kappa shape index (κ2) is 15.4. The van der Waals surface area contributed by atoms with Crippen molar-refractivity contribution in [2.24, 2.45) is 0 Å². The van der Waals surface area contributed by atoms with Crippen LogP contribution in [0.4, 0.5) is 5.69 Å². The van der Waals surface area contributed by atoms with Gasteiger partial charge in [-0.25, -0.2) is 4.98 Å². The first-order chi connectivity index (χ1) is 17.1. The maximum absolute atomic E-state index is 12.6. The first kappa shape index (κ1) is 30.4. The molecule has 4 rings (SSSR count). The zero-order valence-corrected chi connectivity index (χ0v) is 22.6. The van der Waals surface area contributed by atoms with Gasteiger partial charge >= 0.3 is 0 Å². The van der Waals surface area contributed by atoms with Gasteiger partial charge in [0.25, 0.3) is 0 Å². The van der Waals surface area contributed by atoms with Crippen LogP contribution in [0, 0.1) is 0 Å². The first-order valence-electron chi connectivity index (χ1n) is 11.6. The van der Waals surface area contributed by atoms with Crippen LogP contribution in [-0.2, 0) is 24.2 Å². The van der Waals surface area contributed by atoms with E-state index in [1.165, 1.54) is 0 Å². The third-order valence-electron chi connectivity index (χ3n) is 5.74. The molecule has 0 saturated carbocycles. The molecule has 9 heteroatoms. The van der Waals surface area contributed by atoms with Gasteiger partial charge in [-0.15, -0.1) is 24.8 Å². The minimum absolute atomic E-state index is 0. The van der Waals surface area contributed by atoms with Crippen LogP contribution in [0.2, 0.25) is 5.02 Å². The van der Waals surface area contributed by atoms with Crippen LogP contribution < -0.4 is 10.6 Å². The smallest absolute Gasteiger partial charge is 0.231 e. The number of aromatic nitrogens is 2. The molecule has 0 radical (unpaired) electrons. The van der Waals surface area contributed by atoms with Crippen molar-refractivity contribution in [2.45, 2.75) is 25.5 Å². The molecule has 3 aromatic carbocycles. The maximum Gasteiger partial charge on any atom is 0.231 e. The van der Waals surface area contributed by atoms with Crippen LogP contribution in [-0.4, -0.2) is 33.7 Å². The van der Waals surface area contributed by atoms with Gasteiger partial charge in [-0.05, 0) is 53.9 Å². The van der Waals surface area contributed by atoms with Crippen molar-refractivity contribution in [1.29, 1.82) is 0 Å². The van der Waals surface area contributed by atoms with Crippen molar-refractivity contribution in [3.05, 3.63) is 119 Å². The molecule has 0 bridgehead atoms. The lowest BCUT2D eigenvalue weighted by Gasteiger charge is -2.12. The molecule has 0 aliphatic heterocycles. The number of aliphatic hydroxyl groups excluding tert-OH is 1. The molecule has 196 valence electrons. The maximum atomic E-state index is 12.6. The highest BCUT2D eigenvalue weighted by atomic mass is 35.5. The third-order valence-corrected chi connectivity index (χ3v) is 5.99. The topological polar surface area (TPSA) is 79.2 Å². The summed E-state index contributed by atoms with van der Waals surface area (Å²) in [6.07, 6.45) is 4.09. The summed E-state index contributed by atoms with van der Waals surface area (Å²) in [6.45, 7) is 1.89. The van der Waals surface area contributed by atoms with E-state index in [-0.39, 0.29) is 37.1 Å². The zero-order chi connectivity index (χ0) is 24.5. The van der Waals surface area contributed by atoms with E-state index in [1.54, 1.807) is 6.20 Å². The number of carbonyl (C=O) groups is 1. The average Bonchev–Trinajstić information content (AvgIpc) is 3.30. The standard InChI is InChI=1S/C28H29ClN4O2.2ClH/c29-24-10-6-22(7-11-24)20-33-17-16-31-27(33)18-28(35)32-25-12-8-21(9-13-25)14-15-30-19-26(34)23-4-2-1-3-5-23;;/h1-13,16-17,26,30,34H,14-15,18-20H2,(H,32,35);2*1H/t26-;;/m0../s1. The van der Waals surface area contributed by atoms with E-state index in [0.717, 1.165) is 35.3 Å². The Morgan fingerprint density at radius 3 is 2.32 bits per heavy atom. The molecule has 0 saturated heterocycles. The van der Waals surface area contributed by atoms with Crippen molar-refractivity contribution in [3.63, 3.8) is 0 Å². The lowest BCUT2D eigenvalue weighted by atomic mass is 10.1. The van der Waals surface area contributed by atoms with Crippen LogP contribution >= 0.6 is 36.4 Å². The van der Waals surface area contributed by atoms with Gasteiger partial charge in [0.05, 0.1) is 12.5 Å². The number of anilines is 1. The van der Waals surface area contributed by atoms with Gasteiger partial charge in [0.1, 0.15) is 5.82 Å². The van der Waals surface area contributed by atoms with E-state index in [1.807, 2.05) is 89.6 Å². The number of nitrogens with one attached hydrogen (secondary N) is 2. The third kappa shape index (κ3) is 9.50. The molecule has 1 amide bonds. The SMILES string of the molecule is Cl.Cl.O=C(Cc1nccn1Cc1ccc(Cl)cc1)Nc1ccc(CCNC[C@H](O)c2ccccc2)cc1. The molecule has 1 atom stereocenters. The van der Waals surface area contributed by atoms with E-state index in [9.17, 15) is 9.90 Å². The van der Waals surface area contributed by atoms with E-state index < -0.39 is 6.10 Å². The van der Waals surface area contributed by atoms with Crippen LogP contribution in [0.15, 0.2) is 91.3 Å². The number of carbonyl (C=O) groups excluding carboxylic acids is 1. The number of halogens is 3. The fraction of sp³-hybridized carbons (Fsp3) is 0.214. The van der Waals surface area contributed by atoms with E-state index in [4.69, 9.17) is 11.6 Å². The van der Waals surface area contributed by atoms with Gasteiger partial charge in [-0.3, -0.25) is 4.79 Å².